The summed E-state index contributed by atoms with van der Waals surface area (Å²) in [5.41, 5.74) is 3.89. The number of hydrogen-bond donors (Lipinski definition) is 2. The second kappa shape index (κ2) is 6.92. The van der Waals surface area contributed by atoms with E-state index >= 15 is 0 Å². The third-order valence-corrected chi connectivity index (χ3v) is 2.99. The zero-order valence-corrected chi connectivity index (χ0v) is 12.2. The summed E-state index contributed by atoms with van der Waals surface area (Å²) >= 11 is 5.83. The molecule has 0 atom stereocenters. The van der Waals surface area contributed by atoms with Gasteiger partial charge in [-0.3, -0.25) is 10.2 Å². The van der Waals surface area contributed by atoms with Crippen LogP contribution in [0.15, 0.2) is 54.3 Å². The van der Waals surface area contributed by atoms with E-state index in [0.29, 0.717) is 10.8 Å². The lowest BCUT2D eigenvalue weighted by atomic mass is 10.2. The molecule has 0 aliphatic rings. The minimum atomic E-state index is -0.508. The number of rotatable bonds is 4. The standard InChI is InChI=1S/C16H15ClN2O2/c1-11-3-2-4-14(9-11)21-15(16(20)19-18)10-12-5-7-13(17)8-6-12/h2-10H,18H2,1H3,(H,19,20)/b15-10-. The van der Waals surface area contributed by atoms with Crippen LogP contribution in [0.3, 0.4) is 0 Å². The molecule has 5 heteroatoms. The summed E-state index contributed by atoms with van der Waals surface area (Å²) in [4.78, 5) is 11.8. The molecule has 0 fully saturated rings. The first-order valence-electron chi connectivity index (χ1n) is 6.31. The quantitative estimate of drug-likeness (QED) is 0.300. The van der Waals surface area contributed by atoms with Crippen molar-refractivity contribution < 1.29 is 9.53 Å². The lowest BCUT2D eigenvalue weighted by Gasteiger charge is -2.09. The van der Waals surface area contributed by atoms with Crippen molar-refractivity contribution in [2.45, 2.75) is 6.92 Å². The molecule has 21 heavy (non-hydrogen) atoms. The van der Waals surface area contributed by atoms with Crippen molar-refractivity contribution in [2.24, 2.45) is 5.84 Å². The smallest absolute Gasteiger partial charge is 0.300 e. The maximum atomic E-state index is 11.8. The van der Waals surface area contributed by atoms with Gasteiger partial charge in [-0.05, 0) is 48.4 Å². The molecular weight excluding hydrogens is 288 g/mol. The van der Waals surface area contributed by atoms with Gasteiger partial charge < -0.3 is 4.74 Å². The number of aryl methyl sites for hydroxylation is 1. The highest BCUT2D eigenvalue weighted by Gasteiger charge is 2.11. The molecule has 3 N–H and O–H groups in total. The van der Waals surface area contributed by atoms with E-state index in [1.807, 2.05) is 25.1 Å². The Morgan fingerprint density at radius 3 is 2.57 bits per heavy atom. The number of hydrogen-bond acceptors (Lipinski definition) is 3. The molecule has 4 nitrogen and oxygen atoms in total. The molecule has 0 unspecified atom stereocenters. The van der Waals surface area contributed by atoms with Crippen molar-refractivity contribution in [3.8, 4) is 5.75 Å². The monoisotopic (exact) mass is 302 g/mol. The highest BCUT2D eigenvalue weighted by atomic mass is 35.5. The van der Waals surface area contributed by atoms with Crippen LogP contribution in [0.2, 0.25) is 5.02 Å². The third-order valence-electron chi connectivity index (χ3n) is 2.74. The molecule has 2 aromatic rings. The van der Waals surface area contributed by atoms with Crippen LogP contribution in [0.4, 0.5) is 0 Å². The van der Waals surface area contributed by atoms with Crippen molar-refractivity contribution in [3.63, 3.8) is 0 Å². The Labute approximate surface area is 128 Å². The van der Waals surface area contributed by atoms with Crippen molar-refractivity contribution in [1.82, 2.24) is 5.43 Å². The molecule has 2 rings (SSSR count). The molecule has 0 aromatic heterocycles. The van der Waals surface area contributed by atoms with Crippen LogP contribution in [0, 0.1) is 6.92 Å². The van der Waals surface area contributed by atoms with E-state index in [-0.39, 0.29) is 5.76 Å². The van der Waals surface area contributed by atoms with Gasteiger partial charge in [0.25, 0.3) is 0 Å². The van der Waals surface area contributed by atoms with E-state index in [9.17, 15) is 4.79 Å². The van der Waals surface area contributed by atoms with Gasteiger partial charge in [0, 0.05) is 5.02 Å². The molecule has 0 bridgehead atoms. The lowest BCUT2D eigenvalue weighted by Crippen LogP contribution is -2.33. The zero-order valence-electron chi connectivity index (χ0n) is 11.5. The number of carbonyl (C=O) groups excluding carboxylic acids is 1. The lowest BCUT2D eigenvalue weighted by molar-refractivity contribution is -0.119. The Hall–Kier alpha value is -2.30. The summed E-state index contributed by atoms with van der Waals surface area (Å²) in [6.45, 7) is 1.94. The molecule has 0 saturated carbocycles. The minimum absolute atomic E-state index is 0.102. The highest BCUT2D eigenvalue weighted by molar-refractivity contribution is 6.30. The van der Waals surface area contributed by atoms with Gasteiger partial charge in [-0.15, -0.1) is 0 Å². The Morgan fingerprint density at radius 1 is 1.24 bits per heavy atom. The Balaban J connectivity index is 2.30. The van der Waals surface area contributed by atoms with E-state index in [4.69, 9.17) is 22.2 Å². The van der Waals surface area contributed by atoms with Gasteiger partial charge in [0.2, 0.25) is 0 Å². The molecule has 0 spiro atoms. The number of ether oxygens (including phenoxy) is 1. The minimum Gasteiger partial charge on any atom is -0.451 e. The molecule has 0 aliphatic carbocycles. The number of halogens is 1. The van der Waals surface area contributed by atoms with Gasteiger partial charge >= 0.3 is 5.91 Å². The first-order chi connectivity index (χ1) is 10.1. The van der Waals surface area contributed by atoms with Crippen LogP contribution in [-0.2, 0) is 4.79 Å². The number of nitrogens with one attached hydrogen (secondary N) is 1. The van der Waals surface area contributed by atoms with Gasteiger partial charge in [-0.1, -0.05) is 35.9 Å². The van der Waals surface area contributed by atoms with Gasteiger partial charge in [-0.2, -0.15) is 0 Å². The summed E-state index contributed by atoms with van der Waals surface area (Å²) in [5.74, 6) is 5.36. The second-order valence-corrected chi connectivity index (χ2v) is 4.89. The molecule has 2 aromatic carbocycles. The average Bonchev–Trinajstić information content (AvgIpc) is 2.48. The highest BCUT2D eigenvalue weighted by Crippen LogP contribution is 2.18. The molecular formula is C16H15ClN2O2. The fourth-order valence-electron chi connectivity index (χ4n) is 1.73. The fraction of sp³-hybridized carbons (Fsp3) is 0.0625. The van der Waals surface area contributed by atoms with Gasteiger partial charge in [0.05, 0.1) is 0 Å². The van der Waals surface area contributed by atoms with Crippen LogP contribution >= 0.6 is 11.6 Å². The van der Waals surface area contributed by atoms with Crippen molar-refractivity contribution >= 4 is 23.6 Å². The zero-order chi connectivity index (χ0) is 15.2. The van der Waals surface area contributed by atoms with Crippen LogP contribution in [0.25, 0.3) is 6.08 Å². The summed E-state index contributed by atoms with van der Waals surface area (Å²) in [6.07, 6.45) is 1.60. The predicted molar refractivity (Wildman–Crippen MR) is 83.6 cm³/mol. The van der Waals surface area contributed by atoms with Crippen LogP contribution in [-0.4, -0.2) is 5.91 Å². The first kappa shape index (κ1) is 15.1. The van der Waals surface area contributed by atoms with Gasteiger partial charge in [0.1, 0.15) is 5.75 Å². The SMILES string of the molecule is Cc1cccc(O/C(=C\c2ccc(Cl)cc2)C(=O)NN)c1. The van der Waals surface area contributed by atoms with Gasteiger partial charge in [-0.25, -0.2) is 5.84 Å². The summed E-state index contributed by atoms with van der Waals surface area (Å²) in [7, 11) is 0. The largest absolute Gasteiger partial charge is 0.451 e. The van der Waals surface area contributed by atoms with Crippen molar-refractivity contribution in [2.75, 3.05) is 0 Å². The Bertz CT molecular complexity index is 666. The van der Waals surface area contributed by atoms with E-state index in [2.05, 4.69) is 5.43 Å². The van der Waals surface area contributed by atoms with Crippen LogP contribution in [0.1, 0.15) is 11.1 Å². The number of carbonyl (C=O) groups is 1. The van der Waals surface area contributed by atoms with Crippen molar-refractivity contribution in [1.29, 1.82) is 0 Å². The summed E-state index contributed by atoms with van der Waals surface area (Å²) in [5, 5.41) is 0.622. The molecule has 0 heterocycles. The first-order valence-corrected chi connectivity index (χ1v) is 6.69. The van der Waals surface area contributed by atoms with Gasteiger partial charge in [0.15, 0.2) is 5.76 Å². The number of nitrogens with two attached hydrogens (primary N) is 1. The number of benzene rings is 2. The maximum Gasteiger partial charge on any atom is 0.300 e. The Morgan fingerprint density at radius 2 is 1.95 bits per heavy atom. The maximum absolute atomic E-state index is 11.8. The normalized spacial score (nSPS) is 11.1. The number of hydrazine groups is 1. The summed E-state index contributed by atoms with van der Waals surface area (Å²) in [6, 6.07) is 14.4. The molecule has 108 valence electrons. The molecule has 0 saturated heterocycles. The topological polar surface area (TPSA) is 64.3 Å². The second-order valence-electron chi connectivity index (χ2n) is 4.45. The van der Waals surface area contributed by atoms with Crippen LogP contribution < -0.4 is 16.0 Å². The average molecular weight is 303 g/mol. The van der Waals surface area contributed by atoms with Crippen molar-refractivity contribution in [3.05, 3.63) is 70.4 Å². The molecule has 0 aliphatic heterocycles. The molecule has 0 radical (unpaired) electrons. The Kier molecular flexibility index (Phi) is 4.98. The van der Waals surface area contributed by atoms with E-state index in [1.165, 1.54) is 0 Å². The fourth-order valence-corrected chi connectivity index (χ4v) is 1.85. The van der Waals surface area contributed by atoms with E-state index in [0.717, 1.165) is 11.1 Å². The predicted octanol–water partition coefficient (Wildman–Crippen LogP) is 3.06. The van der Waals surface area contributed by atoms with E-state index in [1.54, 1.807) is 36.4 Å². The number of amides is 1. The van der Waals surface area contributed by atoms with E-state index < -0.39 is 5.91 Å². The molecule has 1 amide bonds. The van der Waals surface area contributed by atoms with Crippen LogP contribution in [0.5, 0.6) is 5.75 Å². The summed E-state index contributed by atoms with van der Waals surface area (Å²) < 4.78 is 5.62. The third kappa shape index (κ3) is 4.34.